The summed E-state index contributed by atoms with van der Waals surface area (Å²) in [5.41, 5.74) is -0.484. The monoisotopic (exact) mass is 197 g/mol. The Bertz CT molecular complexity index is 317. The number of likely N-dealkylation sites (tertiary alicyclic amines) is 1. The standard InChI is InChI=1S/C8H15N5O/c1-3-8(14)5-13(6-8)4-7-9-11-12(2)10-7/h14H,3-6H2,1-2H3. The Morgan fingerprint density at radius 3 is 2.71 bits per heavy atom. The van der Waals surface area contributed by atoms with E-state index in [1.165, 1.54) is 4.80 Å². The highest BCUT2D eigenvalue weighted by atomic mass is 16.3. The average Bonchev–Trinajstić information content (AvgIpc) is 2.48. The van der Waals surface area contributed by atoms with Crippen molar-refractivity contribution in [2.24, 2.45) is 7.05 Å². The van der Waals surface area contributed by atoms with Crippen LogP contribution in [0.2, 0.25) is 0 Å². The van der Waals surface area contributed by atoms with Crippen LogP contribution in [-0.2, 0) is 13.6 Å². The fraction of sp³-hybridized carbons (Fsp3) is 0.875. The van der Waals surface area contributed by atoms with Gasteiger partial charge in [-0.05, 0) is 11.6 Å². The molecular weight excluding hydrogens is 182 g/mol. The van der Waals surface area contributed by atoms with Gasteiger partial charge in [0.2, 0.25) is 0 Å². The van der Waals surface area contributed by atoms with Crippen LogP contribution in [0.15, 0.2) is 0 Å². The summed E-state index contributed by atoms with van der Waals surface area (Å²) >= 11 is 0. The third kappa shape index (κ3) is 1.76. The lowest BCUT2D eigenvalue weighted by molar-refractivity contribution is -0.104. The van der Waals surface area contributed by atoms with Gasteiger partial charge in [0, 0.05) is 13.1 Å². The molecule has 0 saturated carbocycles. The highest BCUT2D eigenvalue weighted by Crippen LogP contribution is 2.24. The zero-order valence-electron chi connectivity index (χ0n) is 8.51. The summed E-state index contributed by atoms with van der Waals surface area (Å²) in [6.45, 7) is 4.09. The van der Waals surface area contributed by atoms with E-state index in [1.54, 1.807) is 7.05 Å². The molecule has 0 atom stereocenters. The first kappa shape index (κ1) is 9.54. The Morgan fingerprint density at radius 1 is 1.50 bits per heavy atom. The molecular formula is C8H15N5O. The molecule has 78 valence electrons. The third-order valence-corrected chi connectivity index (χ3v) is 2.61. The first-order valence-electron chi connectivity index (χ1n) is 4.79. The number of aromatic nitrogens is 4. The minimum atomic E-state index is -0.484. The van der Waals surface area contributed by atoms with Crippen LogP contribution in [0.5, 0.6) is 0 Å². The molecule has 0 aromatic carbocycles. The second-order valence-corrected chi connectivity index (χ2v) is 3.92. The van der Waals surface area contributed by atoms with E-state index in [9.17, 15) is 5.11 Å². The highest BCUT2D eigenvalue weighted by molar-refractivity contribution is 4.96. The molecule has 1 aliphatic rings. The van der Waals surface area contributed by atoms with E-state index in [0.29, 0.717) is 25.5 Å². The SMILES string of the molecule is CCC1(O)CN(Cc2nnn(C)n2)C1. The molecule has 2 heterocycles. The van der Waals surface area contributed by atoms with Gasteiger partial charge in [-0.25, -0.2) is 0 Å². The molecule has 1 saturated heterocycles. The van der Waals surface area contributed by atoms with E-state index in [2.05, 4.69) is 20.3 Å². The van der Waals surface area contributed by atoms with Crippen molar-refractivity contribution < 1.29 is 5.11 Å². The predicted molar refractivity (Wildman–Crippen MR) is 49.3 cm³/mol. The van der Waals surface area contributed by atoms with Crippen LogP contribution in [0.3, 0.4) is 0 Å². The van der Waals surface area contributed by atoms with Crippen LogP contribution in [0.4, 0.5) is 0 Å². The Kier molecular flexibility index (Phi) is 2.24. The maximum Gasteiger partial charge on any atom is 0.188 e. The fourth-order valence-corrected chi connectivity index (χ4v) is 1.71. The van der Waals surface area contributed by atoms with E-state index >= 15 is 0 Å². The van der Waals surface area contributed by atoms with Gasteiger partial charge in [0.05, 0.1) is 19.2 Å². The van der Waals surface area contributed by atoms with Crippen molar-refractivity contribution in [3.63, 3.8) is 0 Å². The van der Waals surface area contributed by atoms with Crippen molar-refractivity contribution in [1.82, 2.24) is 25.1 Å². The highest BCUT2D eigenvalue weighted by Gasteiger charge is 2.39. The number of nitrogens with zero attached hydrogens (tertiary/aromatic N) is 5. The molecule has 0 aliphatic carbocycles. The summed E-state index contributed by atoms with van der Waals surface area (Å²) in [5, 5.41) is 21.5. The first-order chi connectivity index (χ1) is 6.61. The number of rotatable bonds is 3. The van der Waals surface area contributed by atoms with Gasteiger partial charge >= 0.3 is 0 Å². The number of aliphatic hydroxyl groups is 1. The molecule has 1 aromatic rings. The molecule has 1 N–H and O–H groups in total. The van der Waals surface area contributed by atoms with Gasteiger partial charge in [-0.3, -0.25) is 4.90 Å². The smallest absolute Gasteiger partial charge is 0.188 e. The summed E-state index contributed by atoms with van der Waals surface area (Å²) in [7, 11) is 1.75. The summed E-state index contributed by atoms with van der Waals surface area (Å²) in [6, 6.07) is 0. The van der Waals surface area contributed by atoms with Crippen molar-refractivity contribution in [3.8, 4) is 0 Å². The topological polar surface area (TPSA) is 67.1 Å². The Labute approximate surface area is 82.5 Å². The van der Waals surface area contributed by atoms with Crippen molar-refractivity contribution >= 4 is 0 Å². The lowest BCUT2D eigenvalue weighted by Gasteiger charge is -2.45. The molecule has 1 fully saturated rings. The van der Waals surface area contributed by atoms with Crippen molar-refractivity contribution in [1.29, 1.82) is 0 Å². The molecule has 2 rings (SSSR count). The summed E-state index contributed by atoms with van der Waals surface area (Å²) < 4.78 is 0. The van der Waals surface area contributed by atoms with Gasteiger partial charge in [-0.2, -0.15) is 4.80 Å². The van der Waals surface area contributed by atoms with Crippen LogP contribution in [0, 0.1) is 0 Å². The quantitative estimate of drug-likeness (QED) is 0.685. The van der Waals surface area contributed by atoms with Gasteiger partial charge < -0.3 is 5.11 Å². The number of hydrogen-bond acceptors (Lipinski definition) is 5. The van der Waals surface area contributed by atoms with Crippen LogP contribution in [0.1, 0.15) is 19.2 Å². The summed E-state index contributed by atoms with van der Waals surface area (Å²) in [4.78, 5) is 3.56. The van der Waals surface area contributed by atoms with E-state index in [4.69, 9.17) is 0 Å². The largest absolute Gasteiger partial charge is 0.387 e. The molecule has 6 heteroatoms. The Hall–Kier alpha value is -1.01. The molecule has 0 spiro atoms. The first-order valence-corrected chi connectivity index (χ1v) is 4.79. The van der Waals surface area contributed by atoms with Crippen LogP contribution in [-0.4, -0.2) is 48.9 Å². The maximum atomic E-state index is 9.77. The van der Waals surface area contributed by atoms with Gasteiger partial charge in [0.15, 0.2) is 5.82 Å². The molecule has 0 radical (unpaired) electrons. The van der Waals surface area contributed by atoms with Crippen molar-refractivity contribution in [2.45, 2.75) is 25.5 Å². The zero-order valence-corrected chi connectivity index (χ0v) is 8.51. The molecule has 0 amide bonds. The molecule has 0 unspecified atom stereocenters. The molecule has 14 heavy (non-hydrogen) atoms. The van der Waals surface area contributed by atoms with E-state index in [-0.39, 0.29) is 0 Å². The molecule has 0 bridgehead atoms. The minimum absolute atomic E-state index is 0.484. The van der Waals surface area contributed by atoms with E-state index < -0.39 is 5.60 Å². The van der Waals surface area contributed by atoms with E-state index in [0.717, 1.165) is 6.42 Å². The minimum Gasteiger partial charge on any atom is -0.387 e. The number of aryl methyl sites for hydroxylation is 1. The zero-order chi connectivity index (χ0) is 10.2. The fourth-order valence-electron chi connectivity index (χ4n) is 1.71. The summed E-state index contributed by atoms with van der Waals surface area (Å²) in [6.07, 6.45) is 0.803. The number of tetrazole rings is 1. The third-order valence-electron chi connectivity index (χ3n) is 2.61. The summed E-state index contributed by atoms with van der Waals surface area (Å²) in [5.74, 6) is 0.714. The van der Waals surface area contributed by atoms with Gasteiger partial charge in [-0.1, -0.05) is 6.92 Å². The predicted octanol–water partition coefficient (Wildman–Crippen LogP) is -0.833. The van der Waals surface area contributed by atoms with Gasteiger partial charge in [-0.15, -0.1) is 10.2 Å². The van der Waals surface area contributed by atoms with Gasteiger partial charge in [0.25, 0.3) is 0 Å². The van der Waals surface area contributed by atoms with Crippen LogP contribution in [0.25, 0.3) is 0 Å². The Balaban J connectivity index is 1.85. The normalized spacial score (nSPS) is 20.8. The number of β-amino-alcohol motifs (C(OH)–C–C–N with tert-alkyl or cyclic N) is 1. The molecule has 1 aliphatic heterocycles. The Morgan fingerprint density at radius 2 is 2.21 bits per heavy atom. The number of hydrogen-bond donors (Lipinski definition) is 1. The van der Waals surface area contributed by atoms with Crippen molar-refractivity contribution in [2.75, 3.05) is 13.1 Å². The van der Waals surface area contributed by atoms with Crippen molar-refractivity contribution in [3.05, 3.63) is 5.82 Å². The lowest BCUT2D eigenvalue weighted by atomic mass is 9.91. The second kappa shape index (κ2) is 3.29. The molecule has 6 nitrogen and oxygen atoms in total. The maximum absolute atomic E-state index is 9.77. The second-order valence-electron chi connectivity index (χ2n) is 3.92. The van der Waals surface area contributed by atoms with E-state index in [1.807, 2.05) is 6.92 Å². The van der Waals surface area contributed by atoms with Gasteiger partial charge in [0.1, 0.15) is 0 Å². The average molecular weight is 197 g/mol. The van der Waals surface area contributed by atoms with Crippen LogP contribution < -0.4 is 0 Å². The lowest BCUT2D eigenvalue weighted by Crippen LogP contribution is -2.60. The molecule has 1 aromatic heterocycles. The van der Waals surface area contributed by atoms with Crippen LogP contribution >= 0.6 is 0 Å².